The summed E-state index contributed by atoms with van der Waals surface area (Å²) in [4.78, 5) is 14.3. The molecule has 0 saturated heterocycles. The molecule has 0 saturated carbocycles. The lowest BCUT2D eigenvalue weighted by atomic mass is 10.3. The van der Waals surface area contributed by atoms with E-state index in [1.54, 1.807) is 4.68 Å². The molecule has 7 nitrogen and oxygen atoms in total. The maximum atomic E-state index is 10.7. The molecule has 1 aromatic carbocycles. The molecule has 0 bridgehead atoms. The topological polar surface area (TPSA) is 83.1 Å². The Morgan fingerprint density at radius 1 is 1.50 bits per heavy atom. The second-order valence-electron chi connectivity index (χ2n) is 4.38. The molecule has 1 heterocycles. The first-order chi connectivity index (χ1) is 9.49. The largest absolute Gasteiger partial charge is 0.484 e. The summed E-state index contributed by atoms with van der Waals surface area (Å²) in [7, 11) is 0. The quantitative estimate of drug-likeness (QED) is 0.625. The molecule has 0 amide bonds. The molecule has 0 fully saturated rings. The van der Waals surface area contributed by atoms with Crippen LogP contribution in [0.3, 0.4) is 0 Å². The maximum Gasteiger partial charge on any atom is 0.273 e. The van der Waals surface area contributed by atoms with Crippen LogP contribution < -0.4 is 4.74 Å². The van der Waals surface area contributed by atoms with Crippen LogP contribution in [0, 0.1) is 10.1 Å². The molecule has 0 aliphatic rings. The minimum Gasteiger partial charge on any atom is -0.484 e. The highest BCUT2D eigenvalue weighted by Gasteiger charge is 2.13. The number of aromatic nitrogens is 3. The number of rotatable bonds is 5. The Morgan fingerprint density at radius 2 is 2.25 bits per heavy atom. The van der Waals surface area contributed by atoms with Gasteiger partial charge in [-0.1, -0.05) is 11.6 Å². The van der Waals surface area contributed by atoms with E-state index in [1.165, 1.54) is 24.5 Å². The zero-order chi connectivity index (χ0) is 14.7. The van der Waals surface area contributed by atoms with Gasteiger partial charge < -0.3 is 4.74 Å². The molecule has 0 aliphatic carbocycles. The van der Waals surface area contributed by atoms with E-state index in [4.69, 9.17) is 16.3 Å². The first-order valence-electron chi connectivity index (χ1n) is 5.94. The first-order valence-corrected chi connectivity index (χ1v) is 6.32. The Balaban J connectivity index is 2.16. The van der Waals surface area contributed by atoms with Gasteiger partial charge >= 0.3 is 0 Å². The third-order valence-electron chi connectivity index (χ3n) is 2.62. The van der Waals surface area contributed by atoms with Gasteiger partial charge in [0.05, 0.1) is 16.0 Å². The van der Waals surface area contributed by atoms with Gasteiger partial charge in [-0.3, -0.25) is 10.1 Å². The average Bonchev–Trinajstić information content (AvgIpc) is 2.86. The Labute approximate surface area is 120 Å². The number of hydrogen-bond donors (Lipinski definition) is 0. The minimum atomic E-state index is -0.500. The number of nitro benzene ring substituents is 1. The smallest absolute Gasteiger partial charge is 0.273 e. The molecule has 0 unspecified atom stereocenters. The van der Waals surface area contributed by atoms with Gasteiger partial charge in [0, 0.05) is 12.1 Å². The Morgan fingerprint density at radius 3 is 2.90 bits per heavy atom. The van der Waals surface area contributed by atoms with Gasteiger partial charge in [0.2, 0.25) is 0 Å². The van der Waals surface area contributed by atoms with Gasteiger partial charge in [0.1, 0.15) is 18.7 Å². The number of nitro groups is 1. The lowest BCUT2D eigenvalue weighted by molar-refractivity contribution is -0.384. The van der Waals surface area contributed by atoms with Crippen molar-refractivity contribution in [2.24, 2.45) is 0 Å². The van der Waals surface area contributed by atoms with Crippen molar-refractivity contribution in [3.63, 3.8) is 0 Å². The SMILES string of the molecule is CC(C)n1ncnc1COc1cc([N+](=O)[O-])ccc1Cl. The summed E-state index contributed by atoms with van der Waals surface area (Å²) in [6.45, 7) is 4.08. The second-order valence-corrected chi connectivity index (χ2v) is 4.78. The van der Waals surface area contributed by atoms with Crippen LogP contribution >= 0.6 is 11.6 Å². The van der Waals surface area contributed by atoms with Crippen LogP contribution in [-0.2, 0) is 6.61 Å². The number of ether oxygens (including phenoxy) is 1. The van der Waals surface area contributed by atoms with Gasteiger partial charge in [-0.15, -0.1) is 0 Å². The molecular weight excluding hydrogens is 284 g/mol. The van der Waals surface area contributed by atoms with Crippen LogP contribution in [-0.4, -0.2) is 19.7 Å². The monoisotopic (exact) mass is 296 g/mol. The van der Waals surface area contributed by atoms with Crippen LogP contribution in [0.4, 0.5) is 5.69 Å². The Bertz CT molecular complexity index is 627. The second kappa shape index (κ2) is 5.87. The van der Waals surface area contributed by atoms with Crippen molar-refractivity contribution in [1.29, 1.82) is 0 Å². The summed E-state index contributed by atoms with van der Waals surface area (Å²) in [6.07, 6.45) is 1.44. The molecule has 0 spiro atoms. The van der Waals surface area contributed by atoms with Crippen molar-refractivity contribution in [1.82, 2.24) is 14.8 Å². The zero-order valence-electron chi connectivity index (χ0n) is 11.0. The third kappa shape index (κ3) is 3.05. The number of halogens is 1. The predicted molar refractivity (Wildman–Crippen MR) is 72.8 cm³/mol. The van der Waals surface area contributed by atoms with E-state index < -0.39 is 4.92 Å². The Hall–Kier alpha value is -2.15. The van der Waals surface area contributed by atoms with Crippen LogP contribution in [0.5, 0.6) is 5.75 Å². The van der Waals surface area contributed by atoms with Gasteiger partial charge in [0.25, 0.3) is 5.69 Å². The van der Waals surface area contributed by atoms with E-state index in [0.717, 1.165) is 0 Å². The summed E-state index contributed by atoms with van der Waals surface area (Å²) in [6, 6.07) is 4.20. The number of benzene rings is 1. The molecule has 0 N–H and O–H groups in total. The molecule has 0 aliphatic heterocycles. The maximum absolute atomic E-state index is 10.7. The summed E-state index contributed by atoms with van der Waals surface area (Å²) in [5.74, 6) is 0.877. The summed E-state index contributed by atoms with van der Waals surface area (Å²) in [5.41, 5.74) is -0.0743. The number of nitrogens with zero attached hydrogens (tertiary/aromatic N) is 4. The van der Waals surface area contributed by atoms with Gasteiger partial charge in [0.15, 0.2) is 5.82 Å². The fourth-order valence-electron chi connectivity index (χ4n) is 1.67. The van der Waals surface area contributed by atoms with Crippen molar-refractivity contribution >= 4 is 17.3 Å². The summed E-state index contributed by atoms with van der Waals surface area (Å²) >= 11 is 5.95. The van der Waals surface area contributed by atoms with E-state index in [0.29, 0.717) is 10.8 Å². The summed E-state index contributed by atoms with van der Waals surface area (Å²) < 4.78 is 7.22. The van der Waals surface area contributed by atoms with Crippen LogP contribution in [0.15, 0.2) is 24.5 Å². The lowest BCUT2D eigenvalue weighted by Crippen LogP contribution is -2.10. The highest BCUT2D eigenvalue weighted by molar-refractivity contribution is 6.32. The molecule has 1 aromatic heterocycles. The van der Waals surface area contributed by atoms with E-state index in [9.17, 15) is 10.1 Å². The minimum absolute atomic E-state index is 0.0743. The van der Waals surface area contributed by atoms with Gasteiger partial charge in [-0.05, 0) is 19.9 Å². The van der Waals surface area contributed by atoms with Crippen LogP contribution in [0.1, 0.15) is 25.7 Å². The fraction of sp³-hybridized carbons (Fsp3) is 0.333. The van der Waals surface area contributed by atoms with Crippen LogP contribution in [0.25, 0.3) is 0 Å². The van der Waals surface area contributed by atoms with Crippen molar-refractivity contribution in [2.75, 3.05) is 0 Å². The first kappa shape index (κ1) is 14.3. The highest BCUT2D eigenvalue weighted by atomic mass is 35.5. The summed E-state index contributed by atoms with van der Waals surface area (Å²) in [5, 5.41) is 15.1. The molecular formula is C12H13ClN4O3. The number of non-ortho nitro benzene ring substituents is 1. The van der Waals surface area contributed by atoms with Crippen molar-refractivity contribution in [2.45, 2.75) is 26.5 Å². The van der Waals surface area contributed by atoms with Crippen LogP contribution in [0.2, 0.25) is 5.02 Å². The molecule has 0 atom stereocenters. The zero-order valence-corrected chi connectivity index (χ0v) is 11.7. The molecule has 8 heteroatoms. The lowest BCUT2D eigenvalue weighted by Gasteiger charge is -2.11. The van der Waals surface area contributed by atoms with Gasteiger partial charge in [-0.25, -0.2) is 9.67 Å². The standard InChI is InChI=1S/C12H13ClN4O3/c1-8(2)16-12(14-7-15-16)6-20-11-5-9(17(18)19)3-4-10(11)13/h3-5,7-8H,6H2,1-2H3. The van der Waals surface area contributed by atoms with Crippen molar-refractivity contribution < 1.29 is 9.66 Å². The highest BCUT2D eigenvalue weighted by Crippen LogP contribution is 2.29. The van der Waals surface area contributed by atoms with E-state index in [2.05, 4.69) is 10.1 Å². The van der Waals surface area contributed by atoms with Crippen molar-refractivity contribution in [3.05, 3.63) is 45.5 Å². The molecule has 2 aromatic rings. The average molecular weight is 297 g/mol. The molecule has 0 radical (unpaired) electrons. The third-order valence-corrected chi connectivity index (χ3v) is 2.93. The van der Waals surface area contributed by atoms with E-state index in [1.807, 2.05) is 13.8 Å². The molecule has 20 heavy (non-hydrogen) atoms. The van der Waals surface area contributed by atoms with Gasteiger partial charge in [-0.2, -0.15) is 5.10 Å². The van der Waals surface area contributed by atoms with E-state index in [-0.39, 0.29) is 24.1 Å². The number of hydrogen-bond acceptors (Lipinski definition) is 5. The molecule has 106 valence electrons. The Kier molecular flexibility index (Phi) is 4.19. The normalized spacial score (nSPS) is 10.8. The van der Waals surface area contributed by atoms with Crippen molar-refractivity contribution in [3.8, 4) is 5.75 Å². The van der Waals surface area contributed by atoms with E-state index >= 15 is 0 Å². The molecule has 2 rings (SSSR count). The predicted octanol–water partition coefficient (Wildman–Crippen LogP) is 3.00. The fourth-order valence-corrected chi connectivity index (χ4v) is 1.84.